The van der Waals surface area contributed by atoms with Crippen molar-refractivity contribution < 1.29 is 8.95 Å². The zero-order valence-corrected chi connectivity index (χ0v) is 12.6. The average Bonchev–Trinajstić information content (AvgIpc) is 2.39. The van der Waals surface area contributed by atoms with Crippen LogP contribution in [0.2, 0.25) is 0 Å². The predicted molar refractivity (Wildman–Crippen MR) is 81.1 cm³/mol. The maximum Gasteiger partial charge on any atom is 0.127 e. The minimum absolute atomic E-state index is 0.140. The van der Waals surface area contributed by atoms with Gasteiger partial charge >= 0.3 is 0 Å². The second-order valence-electron chi connectivity index (χ2n) is 3.98. The van der Waals surface area contributed by atoms with Crippen LogP contribution in [0.25, 0.3) is 0 Å². The molecular weight excluding hydrogens is 326 g/mol. The fourth-order valence-corrected chi connectivity index (χ4v) is 2.88. The molecule has 0 aliphatic rings. The number of nitrogen functional groups attached to an aromatic ring is 1. The molecule has 1 unspecified atom stereocenters. The minimum atomic E-state index is -1.24. The van der Waals surface area contributed by atoms with Crippen LogP contribution in [0.5, 0.6) is 0 Å². The van der Waals surface area contributed by atoms with Gasteiger partial charge in [-0.05, 0) is 23.8 Å². The van der Waals surface area contributed by atoms with E-state index in [0.717, 1.165) is 10.0 Å². The van der Waals surface area contributed by atoms with Crippen molar-refractivity contribution in [3.05, 3.63) is 58.6 Å². The Morgan fingerprint density at radius 2 is 1.89 bits per heavy atom. The molecule has 0 radical (unpaired) electrons. The Bertz CT molecular complexity index is 575. The van der Waals surface area contributed by atoms with Gasteiger partial charge in [-0.2, -0.15) is 0 Å². The molecule has 1 atom stereocenters. The maximum atomic E-state index is 12.1. The lowest BCUT2D eigenvalue weighted by Crippen LogP contribution is -2.05. The van der Waals surface area contributed by atoms with Gasteiger partial charge in [-0.1, -0.05) is 46.3 Å². The van der Waals surface area contributed by atoms with Crippen molar-refractivity contribution in [2.45, 2.75) is 11.5 Å². The Labute approximate surface area is 123 Å². The van der Waals surface area contributed by atoms with Gasteiger partial charge in [-0.25, -0.2) is 0 Å². The standard InChI is InChI=1S/C14H14BrNO2S/c15-12-6-7-14(13(16)8-12)19(17)10-18-9-11-4-2-1-3-5-11/h1-8H,9-10,16H2. The summed E-state index contributed by atoms with van der Waals surface area (Å²) in [5.74, 6) is 0.140. The Morgan fingerprint density at radius 3 is 2.58 bits per heavy atom. The third-order valence-electron chi connectivity index (χ3n) is 2.52. The Morgan fingerprint density at radius 1 is 1.16 bits per heavy atom. The Balaban J connectivity index is 1.91. The van der Waals surface area contributed by atoms with Crippen LogP contribution in [0, 0.1) is 0 Å². The Hall–Kier alpha value is -1.17. The fraction of sp³-hybridized carbons (Fsp3) is 0.143. The average molecular weight is 340 g/mol. The zero-order valence-electron chi connectivity index (χ0n) is 10.2. The molecule has 0 saturated carbocycles. The zero-order chi connectivity index (χ0) is 13.7. The van der Waals surface area contributed by atoms with Gasteiger partial charge in [0.25, 0.3) is 0 Å². The fourth-order valence-electron chi connectivity index (χ4n) is 1.60. The molecule has 0 saturated heterocycles. The molecule has 5 heteroatoms. The molecule has 2 N–H and O–H groups in total. The van der Waals surface area contributed by atoms with Gasteiger partial charge in [0.05, 0.1) is 22.3 Å². The van der Waals surface area contributed by atoms with Crippen molar-refractivity contribution in [1.29, 1.82) is 0 Å². The van der Waals surface area contributed by atoms with E-state index in [1.807, 2.05) is 36.4 Å². The first-order valence-electron chi connectivity index (χ1n) is 5.72. The third-order valence-corrected chi connectivity index (χ3v) is 4.26. The lowest BCUT2D eigenvalue weighted by Gasteiger charge is -2.07. The first-order chi connectivity index (χ1) is 9.16. The van der Waals surface area contributed by atoms with Gasteiger partial charge in [0.15, 0.2) is 0 Å². The highest BCUT2D eigenvalue weighted by atomic mass is 79.9. The molecule has 3 nitrogen and oxygen atoms in total. The predicted octanol–water partition coefficient (Wildman–Crippen LogP) is 3.31. The normalized spacial score (nSPS) is 12.3. The lowest BCUT2D eigenvalue weighted by atomic mass is 10.2. The number of anilines is 1. The largest absolute Gasteiger partial charge is 0.398 e. The number of rotatable bonds is 5. The van der Waals surface area contributed by atoms with Gasteiger partial charge in [0.1, 0.15) is 5.94 Å². The summed E-state index contributed by atoms with van der Waals surface area (Å²) in [5, 5.41) is 0. The van der Waals surface area contributed by atoms with Crippen molar-refractivity contribution in [1.82, 2.24) is 0 Å². The third kappa shape index (κ3) is 4.16. The van der Waals surface area contributed by atoms with Gasteiger partial charge in [0, 0.05) is 10.2 Å². The quantitative estimate of drug-likeness (QED) is 0.850. The van der Waals surface area contributed by atoms with Crippen LogP contribution in [0.4, 0.5) is 5.69 Å². The molecule has 2 rings (SSSR count). The van der Waals surface area contributed by atoms with Crippen molar-refractivity contribution in [2.75, 3.05) is 11.7 Å². The molecular formula is C14H14BrNO2S. The topological polar surface area (TPSA) is 52.3 Å². The van der Waals surface area contributed by atoms with Gasteiger partial charge < -0.3 is 10.5 Å². The van der Waals surface area contributed by atoms with Crippen LogP contribution >= 0.6 is 15.9 Å². The highest BCUT2D eigenvalue weighted by Crippen LogP contribution is 2.21. The van der Waals surface area contributed by atoms with Crippen molar-refractivity contribution >= 4 is 32.4 Å². The maximum absolute atomic E-state index is 12.1. The van der Waals surface area contributed by atoms with Crippen LogP contribution in [-0.4, -0.2) is 10.1 Å². The van der Waals surface area contributed by atoms with Crippen molar-refractivity contribution in [3.63, 3.8) is 0 Å². The summed E-state index contributed by atoms with van der Waals surface area (Å²) in [5.41, 5.74) is 7.40. The molecule has 2 aromatic rings. The molecule has 0 fully saturated rings. The highest BCUT2D eigenvalue weighted by Gasteiger charge is 2.08. The second-order valence-corrected chi connectivity index (χ2v) is 6.26. The van der Waals surface area contributed by atoms with E-state index in [0.29, 0.717) is 17.2 Å². The summed E-state index contributed by atoms with van der Waals surface area (Å²) in [6.45, 7) is 0.447. The second kappa shape index (κ2) is 6.84. The van der Waals surface area contributed by atoms with E-state index < -0.39 is 10.8 Å². The summed E-state index contributed by atoms with van der Waals surface area (Å²) >= 11 is 3.32. The molecule has 0 aromatic heterocycles. The lowest BCUT2D eigenvalue weighted by molar-refractivity contribution is 0.166. The van der Waals surface area contributed by atoms with Crippen LogP contribution < -0.4 is 5.73 Å². The molecule has 0 heterocycles. The molecule has 0 amide bonds. The number of hydrogen-bond acceptors (Lipinski definition) is 3. The molecule has 0 aliphatic carbocycles. The number of ether oxygens (including phenoxy) is 1. The van der Waals surface area contributed by atoms with Crippen LogP contribution in [-0.2, 0) is 22.1 Å². The summed E-state index contributed by atoms with van der Waals surface area (Å²) in [6.07, 6.45) is 0. The molecule has 0 spiro atoms. The SMILES string of the molecule is Nc1cc(Br)ccc1S(=O)COCc1ccccc1. The smallest absolute Gasteiger partial charge is 0.127 e. The summed E-state index contributed by atoms with van der Waals surface area (Å²) < 4.78 is 18.4. The first-order valence-corrected chi connectivity index (χ1v) is 7.83. The number of nitrogens with two attached hydrogens (primary N) is 1. The Kier molecular flexibility index (Phi) is 5.13. The molecule has 100 valence electrons. The monoisotopic (exact) mass is 339 g/mol. The van der Waals surface area contributed by atoms with E-state index in [1.165, 1.54) is 0 Å². The summed E-state index contributed by atoms with van der Waals surface area (Å²) in [7, 11) is -1.24. The van der Waals surface area contributed by atoms with E-state index in [-0.39, 0.29) is 5.94 Å². The van der Waals surface area contributed by atoms with Crippen molar-refractivity contribution in [2.24, 2.45) is 0 Å². The molecule has 19 heavy (non-hydrogen) atoms. The van der Waals surface area contributed by atoms with Crippen LogP contribution in [0.15, 0.2) is 57.9 Å². The number of hydrogen-bond donors (Lipinski definition) is 1. The molecule has 0 bridgehead atoms. The van der Waals surface area contributed by atoms with E-state index in [1.54, 1.807) is 12.1 Å². The highest BCUT2D eigenvalue weighted by molar-refractivity contribution is 9.10. The molecule has 2 aromatic carbocycles. The van der Waals surface area contributed by atoms with Crippen LogP contribution in [0.3, 0.4) is 0 Å². The number of benzene rings is 2. The van der Waals surface area contributed by atoms with Crippen LogP contribution in [0.1, 0.15) is 5.56 Å². The van der Waals surface area contributed by atoms with E-state index in [4.69, 9.17) is 10.5 Å². The minimum Gasteiger partial charge on any atom is -0.398 e. The van der Waals surface area contributed by atoms with Gasteiger partial charge in [-0.3, -0.25) is 4.21 Å². The van der Waals surface area contributed by atoms with Gasteiger partial charge in [0.2, 0.25) is 0 Å². The van der Waals surface area contributed by atoms with E-state index in [2.05, 4.69) is 15.9 Å². The van der Waals surface area contributed by atoms with E-state index >= 15 is 0 Å². The van der Waals surface area contributed by atoms with Crippen molar-refractivity contribution in [3.8, 4) is 0 Å². The first kappa shape index (κ1) is 14.2. The summed E-state index contributed by atoms with van der Waals surface area (Å²) in [6, 6.07) is 15.1. The molecule has 0 aliphatic heterocycles. The van der Waals surface area contributed by atoms with E-state index in [9.17, 15) is 4.21 Å². The van der Waals surface area contributed by atoms with Gasteiger partial charge in [-0.15, -0.1) is 0 Å². The summed E-state index contributed by atoms with van der Waals surface area (Å²) in [4.78, 5) is 0.608. The number of halogens is 1.